The van der Waals surface area contributed by atoms with Crippen molar-refractivity contribution < 1.29 is 8.42 Å². The number of anilines is 3. The van der Waals surface area contributed by atoms with Gasteiger partial charge in [0.05, 0.1) is 26.9 Å². The van der Waals surface area contributed by atoms with Crippen molar-refractivity contribution in [3.05, 3.63) is 139 Å². The van der Waals surface area contributed by atoms with Gasteiger partial charge in [-0.1, -0.05) is 117 Å². The summed E-state index contributed by atoms with van der Waals surface area (Å²) in [6.45, 7) is 4.54. The number of nitrogens with zero attached hydrogens (tertiary/aromatic N) is 1. The number of benzene rings is 6. The number of para-hydroxylation sites is 2. The average molecular weight is 526 g/mol. The minimum Gasteiger partial charge on any atom is -0.309 e. The number of rotatable bonds is 3. The van der Waals surface area contributed by atoms with Crippen LogP contribution in [-0.4, -0.2) is 8.42 Å². The highest BCUT2D eigenvalue weighted by molar-refractivity contribution is 7.92. The van der Waals surface area contributed by atoms with Crippen molar-refractivity contribution in [2.45, 2.75) is 29.1 Å². The van der Waals surface area contributed by atoms with E-state index in [1.165, 1.54) is 11.1 Å². The first-order chi connectivity index (χ1) is 18.9. The normalized spacial score (nSPS) is 14.3. The second-order valence-electron chi connectivity index (χ2n) is 10.6. The van der Waals surface area contributed by atoms with Gasteiger partial charge >= 0.3 is 0 Å². The molecule has 0 N–H and O–H groups in total. The van der Waals surface area contributed by atoms with Gasteiger partial charge in [-0.2, -0.15) is 0 Å². The first-order valence-electron chi connectivity index (χ1n) is 13.1. The van der Waals surface area contributed by atoms with E-state index in [0.29, 0.717) is 9.79 Å². The van der Waals surface area contributed by atoms with Crippen LogP contribution in [0.15, 0.2) is 137 Å². The summed E-state index contributed by atoms with van der Waals surface area (Å²) in [5.41, 5.74) is 5.48. The number of hydrogen-bond donors (Lipinski definition) is 0. The van der Waals surface area contributed by atoms with Gasteiger partial charge in [-0.15, -0.1) is 0 Å². The van der Waals surface area contributed by atoms with Gasteiger partial charge in [0.25, 0.3) is 0 Å². The van der Waals surface area contributed by atoms with Crippen LogP contribution in [0.2, 0.25) is 0 Å². The highest BCUT2D eigenvalue weighted by Crippen LogP contribution is 2.55. The van der Waals surface area contributed by atoms with Crippen LogP contribution < -0.4 is 4.90 Å². The molecule has 0 atom stereocenters. The lowest BCUT2D eigenvalue weighted by Gasteiger charge is -2.42. The Morgan fingerprint density at radius 2 is 0.923 bits per heavy atom. The molecule has 1 heterocycles. The summed E-state index contributed by atoms with van der Waals surface area (Å²) in [7, 11) is -3.80. The van der Waals surface area contributed by atoms with Gasteiger partial charge in [0.2, 0.25) is 9.84 Å². The van der Waals surface area contributed by atoms with Crippen LogP contribution in [0.5, 0.6) is 0 Å². The first-order valence-corrected chi connectivity index (χ1v) is 14.6. The molecule has 0 aromatic heterocycles. The minimum atomic E-state index is -3.80. The number of hydrogen-bond acceptors (Lipinski definition) is 3. The summed E-state index contributed by atoms with van der Waals surface area (Å²) < 4.78 is 28.4. The molecule has 0 unspecified atom stereocenters. The molecule has 0 saturated carbocycles. The molecule has 39 heavy (non-hydrogen) atoms. The van der Waals surface area contributed by atoms with Crippen LogP contribution in [0.3, 0.4) is 0 Å². The Labute approximate surface area is 228 Å². The van der Waals surface area contributed by atoms with Gasteiger partial charge in [0.1, 0.15) is 0 Å². The molecule has 190 valence electrons. The molecule has 0 amide bonds. The summed E-state index contributed by atoms with van der Waals surface area (Å²) in [4.78, 5) is 2.98. The van der Waals surface area contributed by atoms with Crippen LogP contribution >= 0.6 is 0 Å². The Kier molecular flexibility index (Phi) is 5.19. The fourth-order valence-electron chi connectivity index (χ4n) is 6.22. The van der Waals surface area contributed by atoms with E-state index in [9.17, 15) is 8.42 Å². The first kappa shape index (κ1) is 23.7. The molecule has 7 rings (SSSR count). The highest BCUT2D eigenvalue weighted by atomic mass is 32.2. The molecule has 4 heteroatoms. The van der Waals surface area contributed by atoms with Crippen molar-refractivity contribution in [3.63, 3.8) is 0 Å². The predicted octanol–water partition coefficient (Wildman–Crippen LogP) is 8.93. The molecule has 0 spiro atoms. The van der Waals surface area contributed by atoms with Crippen LogP contribution in [-0.2, 0) is 15.3 Å². The van der Waals surface area contributed by atoms with Crippen molar-refractivity contribution in [3.8, 4) is 0 Å². The fourth-order valence-corrected chi connectivity index (χ4v) is 7.91. The van der Waals surface area contributed by atoms with Crippen molar-refractivity contribution >= 4 is 48.4 Å². The largest absolute Gasteiger partial charge is 0.309 e. The molecular weight excluding hydrogens is 498 g/mol. The Balaban J connectivity index is 1.66. The molecule has 6 aromatic rings. The zero-order chi connectivity index (χ0) is 26.8. The summed E-state index contributed by atoms with van der Waals surface area (Å²) >= 11 is 0. The highest BCUT2D eigenvalue weighted by Gasteiger charge is 2.38. The zero-order valence-corrected chi connectivity index (χ0v) is 22.6. The van der Waals surface area contributed by atoms with Crippen LogP contribution in [0.25, 0.3) is 21.5 Å². The van der Waals surface area contributed by atoms with Gasteiger partial charge < -0.3 is 4.90 Å². The summed E-state index contributed by atoms with van der Waals surface area (Å²) in [6, 6.07) is 41.6. The van der Waals surface area contributed by atoms with Crippen LogP contribution in [0, 0.1) is 0 Å². The lowest BCUT2D eigenvalue weighted by molar-refractivity contribution is 0.597. The Morgan fingerprint density at radius 1 is 0.513 bits per heavy atom. The second kappa shape index (κ2) is 8.55. The van der Waals surface area contributed by atoms with Crippen molar-refractivity contribution in [2.75, 3.05) is 4.90 Å². The van der Waals surface area contributed by atoms with Crippen LogP contribution in [0.1, 0.15) is 25.0 Å². The molecule has 0 fully saturated rings. The Morgan fingerprint density at radius 3 is 1.44 bits per heavy atom. The third-order valence-corrected chi connectivity index (χ3v) is 9.91. The molecule has 0 aliphatic carbocycles. The van der Waals surface area contributed by atoms with Gasteiger partial charge in [-0.3, -0.25) is 0 Å². The Bertz CT molecular complexity index is 1900. The van der Waals surface area contributed by atoms with Gasteiger partial charge in [-0.25, -0.2) is 8.42 Å². The van der Waals surface area contributed by atoms with Crippen LogP contribution in [0.4, 0.5) is 17.1 Å². The summed E-state index contributed by atoms with van der Waals surface area (Å²) in [5, 5.41) is 3.23. The van der Waals surface area contributed by atoms with Gasteiger partial charge in [0, 0.05) is 27.0 Å². The third-order valence-electron chi connectivity index (χ3n) is 8.04. The number of sulfone groups is 1. The van der Waals surface area contributed by atoms with E-state index in [2.05, 4.69) is 67.3 Å². The van der Waals surface area contributed by atoms with Crippen molar-refractivity contribution in [2.24, 2.45) is 0 Å². The maximum absolute atomic E-state index is 14.2. The number of fused-ring (bicyclic) bond motifs is 4. The summed E-state index contributed by atoms with van der Waals surface area (Å²) in [5.74, 6) is 0. The molecule has 3 nitrogen and oxygen atoms in total. The molecular formula is C35H27NO2S. The summed E-state index contributed by atoms with van der Waals surface area (Å²) in [6.07, 6.45) is 0. The maximum Gasteiger partial charge on any atom is 0.207 e. The van der Waals surface area contributed by atoms with E-state index in [1.807, 2.05) is 54.6 Å². The van der Waals surface area contributed by atoms with E-state index in [1.54, 1.807) is 24.3 Å². The topological polar surface area (TPSA) is 37.4 Å². The quantitative estimate of drug-likeness (QED) is 0.216. The Hall–Kier alpha value is -4.41. The molecule has 0 bridgehead atoms. The van der Waals surface area contributed by atoms with E-state index in [0.717, 1.165) is 38.6 Å². The van der Waals surface area contributed by atoms with Crippen molar-refractivity contribution in [1.29, 1.82) is 0 Å². The van der Waals surface area contributed by atoms with E-state index >= 15 is 0 Å². The lowest BCUT2D eigenvalue weighted by atomic mass is 9.73. The fraction of sp³-hybridized carbons (Fsp3) is 0.0857. The predicted molar refractivity (Wildman–Crippen MR) is 160 cm³/mol. The minimum absolute atomic E-state index is 0.189. The van der Waals surface area contributed by atoms with E-state index < -0.39 is 9.84 Å². The van der Waals surface area contributed by atoms with Gasteiger partial charge in [-0.05, 0) is 35.4 Å². The molecule has 1 aliphatic heterocycles. The third kappa shape index (κ3) is 3.38. The van der Waals surface area contributed by atoms with Crippen molar-refractivity contribution in [1.82, 2.24) is 0 Å². The van der Waals surface area contributed by atoms with E-state index in [4.69, 9.17) is 0 Å². The maximum atomic E-state index is 14.2. The average Bonchev–Trinajstić information content (AvgIpc) is 2.97. The zero-order valence-electron chi connectivity index (χ0n) is 21.8. The van der Waals surface area contributed by atoms with E-state index in [-0.39, 0.29) is 5.41 Å². The SMILES string of the molecule is CC1(C)c2ccccc2N(c2c3ccccc3c(S(=O)(=O)c3ccccc3)c3ccccc23)c2ccccc21. The molecule has 1 aliphatic rings. The molecule has 6 aromatic carbocycles. The molecule has 0 radical (unpaired) electrons. The molecule has 0 saturated heterocycles. The standard InChI is InChI=1S/C35H27NO2S/c1-35(2)29-20-10-12-22-31(29)36(32-23-13-11-21-30(32)35)33-25-16-6-8-18-27(25)34(28-19-9-7-17-26(28)33)39(37,38)24-14-4-3-5-15-24/h3-23H,1-2H3. The second-order valence-corrected chi connectivity index (χ2v) is 12.5. The lowest BCUT2D eigenvalue weighted by Crippen LogP contribution is -2.30. The smallest absolute Gasteiger partial charge is 0.207 e. The van der Waals surface area contributed by atoms with Gasteiger partial charge in [0.15, 0.2) is 0 Å². The monoisotopic (exact) mass is 525 g/mol.